The van der Waals surface area contributed by atoms with Crippen molar-refractivity contribution in [3.8, 4) is 6.07 Å². The molecule has 0 saturated heterocycles. The van der Waals surface area contributed by atoms with Gasteiger partial charge in [0.25, 0.3) is 5.91 Å². The van der Waals surface area contributed by atoms with Crippen LogP contribution in [0.2, 0.25) is 0 Å². The number of amides is 1. The maximum absolute atomic E-state index is 12.2. The molecule has 3 nitrogen and oxygen atoms in total. The molecule has 0 aliphatic carbocycles. The first-order valence-electron chi connectivity index (χ1n) is 7.04. The summed E-state index contributed by atoms with van der Waals surface area (Å²) in [6.07, 6.45) is 1.01. The molecule has 1 amide bonds. The number of aryl methyl sites for hydroxylation is 1. The Bertz CT molecular complexity index is 651. The second-order valence-corrected chi connectivity index (χ2v) is 4.98. The zero-order valence-electron chi connectivity index (χ0n) is 12.3. The van der Waals surface area contributed by atoms with Crippen LogP contribution in [0.5, 0.6) is 0 Å². The molecule has 2 aromatic carbocycles. The number of carbonyl (C=O) groups excluding carboxylic acids is 1. The van der Waals surface area contributed by atoms with Crippen molar-refractivity contribution in [2.75, 3.05) is 0 Å². The van der Waals surface area contributed by atoms with Crippen molar-refractivity contribution in [3.05, 3.63) is 70.8 Å². The number of hydrogen-bond donors (Lipinski definition) is 1. The van der Waals surface area contributed by atoms with Crippen LogP contribution in [-0.4, -0.2) is 5.91 Å². The van der Waals surface area contributed by atoms with Gasteiger partial charge in [0.05, 0.1) is 17.7 Å². The summed E-state index contributed by atoms with van der Waals surface area (Å²) in [5, 5.41) is 11.7. The van der Waals surface area contributed by atoms with Gasteiger partial charge in [-0.3, -0.25) is 4.79 Å². The van der Waals surface area contributed by atoms with E-state index in [-0.39, 0.29) is 11.9 Å². The molecule has 3 heteroatoms. The highest BCUT2D eigenvalue weighted by Gasteiger charge is 2.11. The summed E-state index contributed by atoms with van der Waals surface area (Å²) in [7, 11) is 0. The minimum absolute atomic E-state index is 0.0564. The van der Waals surface area contributed by atoms with Crippen LogP contribution < -0.4 is 5.32 Å². The van der Waals surface area contributed by atoms with E-state index in [0.29, 0.717) is 11.1 Å². The van der Waals surface area contributed by atoms with Crippen LogP contribution in [-0.2, 0) is 6.42 Å². The van der Waals surface area contributed by atoms with E-state index < -0.39 is 0 Å². The zero-order chi connectivity index (χ0) is 15.2. The Balaban J connectivity index is 2.05. The Kier molecular flexibility index (Phi) is 4.73. The Hall–Kier alpha value is -2.60. The largest absolute Gasteiger partial charge is 0.346 e. The predicted molar refractivity (Wildman–Crippen MR) is 82.9 cm³/mol. The van der Waals surface area contributed by atoms with Gasteiger partial charge in [0.1, 0.15) is 0 Å². The molecule has 0 aliphatic rings. The predicted octanol–water partition coefficient (Wildman–Crippen LogP) is 3.61. The fourth-order valence-electron chi connectivity index (χ4n) is 2.10. The van der Waals surface area contributed by atoms with Crippen molar-refractivity contribution in [2.24, 2.45) is 0 Å². The summed E-state index contributed by atoms with van der Waals surface area (Å²) >= 11 is 0. The highest BCUT2D eigenvalue weighted by molar-refractivity contribution is 5.94. The van der Waals surface area contributed by atoms with Crippen molar-refractivity contribution in [3.63, 3.8) is 0 Å². The van der Waals surface area contributed by atoms with Crippen LogP contribution in [0.1, 0.15) is 46.9 Å². The smallest absolute Gasteiger partial charge is 0.251 e. The minimum atomic E-state index is -0.133. The van der Waals surface area contributed by atoms with Crippen molar-refractivity contribution in [1.29, 1.82) is 5.26 Å². The molecule has 0 radical (unpaired) electrons. The number of nitrogens with zero attached hydrogens (tertiary/aromatic N) is 1. The second kappa shape index (κ2) is 6.71. The van der Waals surface area contributed by atoms with E-state index in [1.165, 1.54) is 5.56 Å². The first-order valence-corrected chi connectivity index (χ1v) is 7.04. The Labute approximate surface area is 125 Å². The van der Waals surface area contributed by atoms with E-state index >= 15 is 0 Å². The molecule has 1 unspecified atom stereocenters. The summed E-state index contributed by atoms with van der Waals surface area (Å²) in [5.41, 5.74) is 3.47. The first kappa shape index (κ1) is 14.8. The fourth-order valence-corrected chi connectivity index (χ4v) is 2.10. The van der Waals surface area contributed by atoms with E-state index in [9.17, 15) is 4.79 Å². The number of nitriles is 1. The molecule has 0 spiro atoms. The van der Waals surface area contributed by atoms with Crippen molar-refractivity contribution in [1.82, 2.24) is 5.32 Å². The van der Waals surface area contributed by atoms with Gasteiger partial charge in [-0.15, -0.1) is 0 Å². The van der Waals surface area contributed by atoms with E-state index in [1.54, 1.807) is 24.3 Å². The van der Waals surface area contributed by atoms with E-state index in [1.807, 2.05) is 25.1 Å². The summed E-state index contributed by atoms with van der Waals surface area (Å²) in [5.74, 6) is -0.133. The molecule has 2 rings (SSSR count). The Morgan fingerprint density at radius 2 is 1.76 bits per heavy atom. The van der Waals surface area contributed by atoms with Gasteiger partial charge in [0.2, 0.25) is 0 Å². The van der Waals surface area contributed by atoms with Crippen molar-refractivity contribution >= 4 is 5.91 Å². The quantitative estimate of drug-likeness (QED) is 0.928. The maximum atomic E-state index is 12.2. The molecule has 0 aromatic heterocycles. The standard InChI is InChI=1S/C18H18N2O/c1-3-14-4-8-16(9-5-14)13(2)20-18(21)17-10-6-15(12-19)7-11-17/h4-11,13H,3H2,1-2H3,(H,20,21). The summed E-state index contributed by atoms with van der Waals surface area (Å²) in [4.78, 5) is 12.2. The third-order valence-corrected chi connectivity index (χ3v) is 3.51. The summed E-state index contributed by atoms with van der Waals surface area (Å²) in [6.45, 7) is 4.08. The van der Waals surface area contributed by atoms with Crippen LogP contribution in [0.3, 0.4) is 0 Å². The SMILES string of the molecule is CCc1ccc(C(C)NC(=O)c2ccc(C#N)cc2)cc1. The lowest BCUT2D eigenvalue weighted by Gasteiger charge is -2.15. The molecular formula is C18H18N2O. The zero-order valence-corrected chi connectivity index (χ0v) is 12.3. The normalized spacial score (nSPS) is 11.5. The van der Waals surface area contributed by atoms with Gasteiger partial charge in [0, 0.05) is 5.56 Å². The molecule has 0 fully saturated rings. The summed E-state index contributed by atoms with van der Waals surface area (Å²) < 4.78 is 0. The number of benzene rings is 2. The highest BCUT2D eigenvalue weighted by Crippen LogP contribution is 2.15. The monoisotopic (exact) mass is 278 g/mol. The van der Waals surface area contributed by atoms with Gasteiger partial charge in [-0.1, -0.05) is 31.2 Å². The van der Waals surface area contributed by atoms with E-state index in [4.69, 9.17) is 5.26 Å². The number of carbonyl (C=O) groups is 1. The van der Waals surface area contributed by atoms with Crippen molar-refractivity contribution in [2.45, 2.75) is 26.3 Å². The summed E-state index contributed by atoms with van der Waals surface area (Å²) in [6, 6.07) is 16.9. The number of rotatable bonds is 4. The van der Waals surface area contributed by atoms with E-state index in [0.717, 1.165) is 12.0 Å². The fraction of sp³-hybridized carbons (Fsp3) is 0.222. The average molecular weight is 278 g/mol. The Morgan fingerprint density at radius 1 is 1.14 bits per heavy atom. The molecule has 2 aromatic rings. The minimum Gasteiger partial charge on any atom is -0.346 e. The van der Waals surface area contributed by atoms with E-state index in [2.05, 4.69) is 24.4 Å². The number of nitrogens with one attached hydrogen (secondary N) is 1. The highest BCUT2D eigenvalue weighted by atomic mass is 16.1. The van der Waals surface area contributed by atoms with Crippen LogP contribution in [0.4, 0.5) is 0 Å². The molecule has 0 saturated carbocycles. The van der Waals surface area contributed by atoms with Gasteiger partial charge in [0.15, 0.2) is 0 Å². The van der Waals surface area contributed by atoms with Crippen LogP contribution in [0.15, 0.2) is 48.5 Å². The molecule has 1 N–H and O–H groups in total. The maximum Gasteiger partial charge on any atom is 0.251 e. The van der Waals surface area contributed by atoms with Gasteiger partial charge < -0.3 is 5.32 Å². The molecule has 1 atom stereocenters. The third kappa shape index (κ3) is 3.70. The Morgan fingerprint density at radius 3 is 2.29 bits per heavy atom. The second-order valence-electron chi connectivity index (χ2n) is 4.98. The lowest BCUT2D eigenvalue weighted by Crippen LogP contribution is -2.26. The topological polar surface area (TPSA) is 52.9 Å². The molecule has 21 heavy (non-hydrogen) atoms. The van der Waals surface area contributed by atoms with Crippen molar-refractivity contribution < 1.29 is 4.79 Å². The number of hydrogen-bond acceptors (Lipinski definition) is 2. The van der Waals surface area contributed by atoms with Crippen LogP contribution in [0, 0.1) is 11.3 Å². The molecule has 106 valence electrons. The lowest BCUT2D eigenvalue weighted by atomic mass is 10.0. The van der Waals surface area contributed by atoms with Gasteiger partial charge in [-0.25, -0.2) is 0 Å². The molecule has 0 heterocycles. The average Bonchev–Trinajstić information content (AvgIpc) is 2.55. The van der Waals surface area contributed by atoms with Gasteiger partial charge in [-0.2, -0.15) is 5.26 Å². The molecule has 0 bridgehead atoms. The van der Waals surface area contributed by atoms with Gasteiger partial charge in [-0.05, 0) is 48.7 Å². The molecule has 0 aliphatic heterocycles. The van der Waals surface area contributed by atoms with Crippen LogP contribution >= 0.6 is 0 Å². The lowest BCUT2D eigenvalue weighted by molar-refractivity contribution is 0.0940. The van der Waals surface area contributed by atoms with Crippen LogP contribution in [0.25, 0.3) is 0 Å². The van der Waals surface area contributed by atoms with Gasteiger partial charge >= 0.3 is 0 Å². The third-order valence-electron chi connectivity index (χ3n) is 3.51. The first-order chi connectivity index (χ1) is 10.1. The molecular weight excluding hydrogens is 260 g/mol.